The second kappa shape index (κ2) is 8.70. The van der Waals surface area contributed by atoms with E-state index in [1.54, 1.807) is 19.2 Å². The Bertz CT molecular complexity index is 745. The summed E-state index contributed by atoms with van der Waals surface area (Å²) in [5.41, 5.74) is 1.24. The predicted octanol–water partition coefficient (Wildman–Crippen LogP) is 4.39. The molecule has 4 nitrogen and oxygen atoms in total. The van der Waals surface area contributed by atoms with Gasteiger partial charge in [-0.25, -0.2) is 0 Å². The molecule has 1 amide bonds. The molecule has 0 fully saturated rings. The van der Waals surface area contributed by atoms with Crippen LogP contribution in [-0.2, 0) is 17.8 Å². The largest absolute Gasteiger partial charge is 0.573 e. The number of hydrogen-bond acceptors (Lipinski definition) is 3. The second-order valence-electron chi connectivity index (χ2n) is 5.64. The molecular formula is C18H16F5NO3. The molecule has 0 N–H and O–H groups in total. The molecule has 0 aliphatic rings. The first-order chi connectivity index (χ1) is 12.6. The van der Waals surface area contributed by atoms with Crippen molar-refractivity contribution in [3.05, 3.63) is 59.7 Å². The molecular weight excluding hydrogens is 373 g/mol. The molecule has 0 atom stereocenters. The van der Waals surface area contributed by atoms with Crippen LogP contribution in [0.1, 0.15) is 11.1 Å². The maximum Gasteiger partial charge on any atom is 0.573 e. The zero-order valence-electron chi connectivity index (χ0n) is 14.2. The van der Waals surface area contributed by atoms with Gasteiger partial charge in [-0.3, -0.25) is 4.79 Å². The zero-order valence-corrected chi connectivity index (χ0v) is 14.2. The van der Waals surface area contributed by atoms with E-state index < -0.39 is 13.0 Å². The molecule has 0 saturated heterocycles. The van der Waals surface area contributed by atoms with Crippen LogP contribution in [0.3, 0.4) is 0 Å². The Balaban J connectivity index is 1.89. The van der Waals surface area contributed by atoms with Crippen LogP contribution in [0.5, 0.6) is 11.5 Å². The first kappa shape index (κ1) is 20.5. The van der Waals surface area contributed by atoms with Crippen LogP contribution in [0.2, 0.25) is 0 Å². The maximum absolute atomic E-state index is 12.2. The van der Waals surface area contributed by atoms with Gasteiger partial charge in [-0.15, -0.1) is 13.2 Å². The number of ether oxygens (including phenoxy) is 2. The minimum atomic E-state index is -4.77. The highest BCUT2D eigenvalue weighted by Crippen LogP contribution is 2.23. The molecule has 0 saturated carbocycles. The van der Waals surface area contributed by atoms with Gasteiger partial charge in [0.1, 0.15) is 11.5 Å². The van der Waals surface area contributed by atoms with Crippen molar-refractivity contribution in [3.63, 3.8) is 0 Å². The fourth-order valence-electron chi connectivity index (χ4n) is 2.26. The lowest BCUT2D eigenvalue weighted by Gasteiger charge is -2.18. The summed E-state index contributed by atoms with van der Waals surface area (Å²) in [5.74, 6) is -0.602. The lowest BCUT2D eigenvalue weighted by Crippen LogP contribution is -2.27. The highest BCUT2D eigenvalue weighted by atomic mass is 19.4. The van der Waals surface area contributed by atoms with Crippen LogP contribution in [0.15, 0.2) is 48.5 Å². The van der Waals surface area contributed by atoms with Crippen LogP contribution in [0, 0.1) is 0 Å². The summed E-state index contributed by atoms with van der Waals surface area (Å²) in [6.45, 7) is -2.67. The average molecular weight is 389 g/mol. The SMILES string of the molecule is CN(Cc1ccc(OC(F)F)cc1)C(=O)Cc1ccc(OC(F)(F)F)cc1. The molecule has 0 spiro atoms. The molecule has 0 aromatic heterocycles. The quantitative estimate of drug-likeness (QED) is 0.660. The fourth-order valence-corrected chi connectivity index (χ4v) is 2.26. The van der Waals surface area contributed by atoms with Crippen LogP contribution >= 0.6 is 0 Å². The third kappa shape index (κ3) is 7.12. The smallest absolute Gasteiger partial charge is 0.435 e. The summed E-state index contributed by atoms with van der Waals surface area (Å²) in [7, 11) is 1.56. The first-order valence-corrected chi connectivity index (χ1v) is 7.75. The molecule has 27 heavy (non-hydrogen) atoms. The van der Waals surface area contributed by atoms with Crippen molar-refractivity contribution in [1.29, 1.82) is 0 Å². The molecule has 2 aromatic rings. The molecule has 9 heteroatoms. The highest BCUT2D eigenvalue weighted by molar-refractivity contribution is 5.78. The number of carbonyl (C=O) groups excluding carboxylic acids is 1. The summed E-state index contributed by atoms with van der Waals surface area (Å²) in [5, 5.41) is 0. The van der Waals surface area contributed by atoms with E-state index in [-0.39, 0.29) is 30.4 Å². The normalized spacial score (nSPS) is 11.4. The number of halogens is 5. The summed E-state index contributed by atoms with van der Waals surface area (Å²) in [6.07, 6.45) is -4.77. The summed E-state index contributed by atoms with van der Waals surface area (Å²) in [6, 6.07) is 10.9. The Hall–Kier alpha value is -2.84. The third-order valence-corrected chi connectivity index (χ3v) is 3.51. The number of benzene rings is 2. The monoisotopic (exact) mass is 389 g/mol. The van der Waals surface area contributed by atoms with Gasteiger partial charge in [-0.2, -0.15) is 8.78 Å². The number of rotatable bonds is 7. The van der Waals surface area contributed by atoms with Gasteiger partial charge in [0.15, 0.2) is 0 Å². The van der Waals surface area contributed by atoms with Gasteiger partial charge in [-0.1, -0.05) is 24.3 Å². The van der Waals surface area contributed by atoms with Crippen molar-refractivity contribution in [2.24, 2.45) is 0 Å². The lowest BCUT2D eigenvalue weighted by atomic mass is 10.1. The van der Waals surface area contributed by atoms with E-state index in [0.717, 1.165) is 12.1 Å². The van der Waals surface area contributed by atoms with Gasteiger partial charge in [0.05, 0.1) is 6.42 Å². The van der Waals surface area contributed by atoms with E-state index in [1.807, 2.05) is 0 Å². The van der Waals surface area contributed by atoms with Gasteiger partial charge in [0.2, 0.25) is 5.91 Å². The van der Waals surface area contributed by atoms with Crippen LogP contribution in [-0.4, -0.2) is 30.8 Å². The minimum absolute atomic E-state index is 0.00459. The number of likely N-dealkylation sites (N-methyl/N-ethyl adjacent to an activating group) is 1. The van der Waals surface area contributed by atoms with Crippen molar-refractivity contribution in [1.82, 2.24) is 4.90 Å². The van der Waals surface area contributed by atoms with Crippen molar-refractivity contribution in [3.8, 4) is 11.5 Å². The topological polar surface area (TPSA) is 38.8 Å². The number of carbonyl (C=O) groups is 1. The number of hydrogen-bond donors (Lipinski definition) is 0. The van der Waals surface area contributed by atoms with Gasteiger partial charge < -0.3 is 14.4 Å². The molecule has 0 aliphatic heterocycles. The average Bonchev–Trinajstić information content (AvgIpc) is 2.56. The van der Waals surface area contributed by atoms with E-state index in [0.29, 0.717) is 11.1 Å². The van der Waals surface area contributed by atoms with Crippen molar-refractivity contribution < 1.29 is 36.2 Å². The highest BCUT2D eigenvalue weighted by Gasteiger charge is 2.30. The molecule has 0 heterocycles. The first-order valence-electron chi connectivity index (χ1n) is 7.75. The molecule has 146 valence electrons. The second-order valence-corrected chi connectivity index (χ2v) is 5.64. The van der Waals surface area contributed by atoms with Crippen LogP contribution < -0.4 is 9.47 Å². The molecule has 0 unspecified atom stereocenters. The Morgan fingerprint density at radius 2 is 1.48 bits per heavy atom. The van der Waals surface area contributed by atoms with E-state index in [1.165, 1.54) is 29.2 Å². The Labute approximate surface area is 152 Å². The van der Waals surface area contributed by atoms with Gasteiger partial charge in [0, 0.05) is 13.6 Å². The standard InChI is InChI=1S/C18H16F5NO3/c1-24(11-13-4-6-14(7-5-13)26-17(19)20)16(25)10-12-2-8-15(9-3-12)27-18(21,22)23/h2-9,17H,10-11H2,1H3. The summed E-state index contributed by atoms with van der Waals surface area (Å²) >= 11 is 0. The Morgan fingerprint density at radius 1 is 0.963 bits per heavy atom. The van der Waals surface area contributed by atoms with Gasteiger partial charge in [0.25, 0.3) is 0 Å². The van der Waals surface area contributed by atoms with Crippen molar-refractivity contribution >= 4 is 5.91 Å². The molecule has 2 rings (SSSR count). The van der Waals surface area contributed by atoms with E-state index in [4.69, 9.17) is 0 Å². The van der Waals surface area contributed by atoms with E-state index in [9.17, 15) is 26.7 Å². The molecule has 0 radical (unpaired) electrons. The zero-order chi connectivity index (χ0) is 20.0. The molecule has 0 bridgehead atoms. The predicted molar refractivity (Wildman–Crippen MR) is 86.4 cm³/mol. The Morgan fingerprint density at radius 3 is 2.00 bits per heavy atom. The summed E-state index contributed by atoms with van der Waals surface area (Å²) in [4.78, 5) is 13.7. The third-order valence-electron chi connectivity index (χ3n) is 3.51. The van der Waals surface area contributed by atoms with Crippen molar-refractivity contribution in [2.75, 3.05) is 7.05 Å². The number of amides is 1. The summed E-state index contributed by atoms with van der Waals surface area (Å²) < 4.78 is 68.6. The fraction of sp³-hybridized carbons (Fsp3) is 0.278. The van der Waals surface area contributed by atoms with Gasteiger partial charge in [-0.05, 0) is 35.4 Å². The minimum Gasteiger partial charge on any atom is -0.435 e. The Kier molecular flexibility index (Phi) is 6.59. The van der Waals surface area contributed by atoms with Crippen LogP contribution in [0.25, 0.3) is 0 Å². The van der Waals surface area contributed by atoms with Crippen LogP contribution in [0.4, 0.5) is 22.0 Å². The molecule has 2 aromatic carbocycles. The number of alkyl halides is 5. The lowest BCUT2D eigenvalue weighted by molar-refractivity contribution is -0.274. The maximum atomic E-state index is 12.2. The van der Waals surface area contributed by atoms with Gasteiger partial charge >= 0.3 is 13.0 Å². The molecule has 0 aliphatic carbocycles. The number of nitrogens with zero attached hydrogens (tertiary/aromatic N) is 1. The van der Waals surface area contributed by atoms with E-state index >= 15 is 0 Å². The van der Waals surface area contributed by atoms with E-state index in [2.05, 4.69) is 9.47 Å². The van der Waals surface area contributed by atoms with Crippen molar-refractivity contribution in [2.45, 2.75) is 25.9 Å².